The average Bonchev–Trinajstić information content (AvgIpc) is 2.50. The topological polar surface area (TPSA) is 42.7 Å². The molecule has 4 nitrogen and oxygen atoms in total. The molecule has 1 aromatic heterocycles. The number of aromatic nitrogens is 3. The van der Waals surface area contributed by atoms with Gasteiger partial charge in [-0.15, -0.1) is 5.10 Å². The van der Waals surface area contributed by atoms with Gasteiger partial charge < -0.3 is 5.32 Å². The maximum atomic E-state index is 4.00. The Morgan fingerprint density at radius 1 is 1.50 bits per heavy atom. The molecule has 0 bridgehead atoms. The maximum absolute atomic E-state index is 4.00. The fraction of sp³-hybridized carbons (Fsp3) is 0.800. The first-order chi connectivity index (χ1) is 6.68. The van der Waals surface area contributed by atoms with Gasteiger partial charge in [-0.1, -0.05) is 19.1 Å². The molecule has 0 saturated heterocycles. The zero-order valence-corrected chi connectivity index (χ0v) is 9.32. The normalized spacial score (nSPS) is 11.1. The summed E-state index contributed by atoms with van der Waals surface area (Å²) in [5.74, 6) is 0.799. The van der Waals surface area contributed by atoms with Gasteiger partial charge in [0.25, 0.3) is 0 Å². The summed E-state index contributed by atoms with van der Waals surface area (Å²) >= 11 is 0. The van der Waals surface area contributed by atoms with Crippen molar-refractivity contribution in [1.29, 1.82) is 0 Å². The van der Waals surface area contributed by atoms with E-state index >= 15 is 0 Å². The summed E-state index contributed by atoms with van der Waals surface area (Å²) in [5.41, 5.74) is 1.01. The van der Waals surface area contributed by atoms with E-state index < -0.39 is 0 Å². The van der Waals surface area contributed by atoms with Crippen molar-refractivity contribution >= 4 is 0 Å². The molecule has 0 amide bonds. The lowest BCUT2D eigenvalue weighted by Gasteiger charge is -2.04. The molecular weight excluding hydrogens is 176 g/mol. The van der Waals surface area contributed by atoms with Gasteiger partial charge in [0.15, 0.2) is 0 Å². The third kappa shape index (κ3) is 4.37. The summed E-state index contributed by atoms with van der Waals surface area (Å²) < 4.78 is 1.73. The Morgan fingerprint density at radius 2 is 2.29 bits per heavy atom. The van der Waals surface area contributed by atoms with Gasteiger partial charge in [-0.3, -0.25) is 4.68 Å². The van der Waals surface area contributed by atoms with Crippen LogP contribution in [0.2, 0.25) is 0 Å². The first-order valence-corrected chi connectivity index (χ1v) is 5.24. The van der Waals surface area contributed by atoms with Crippen LogP contribution >= 0.6 is 0 Å². The van der Waals surface area contributed by atoms with Crippen LogP contribution in [0.15, 0.2) is 6.20 Å². The van der Waals surface area contributed by atoms with E-state index in [4.69, 9.17) is 0 Å². The predicted octanol–water partition coefficient (Wildman–Crippen LogP) is 1.34. The van der Waals surface area contributed by atoms with Gasteiger partial charge in [-0.25, -0.2) is 0 Å². The van der Waals surface area contributed by atoms with Crippen molar-refractivity contribution in [1.82, 2.24) is 20.3 Å². The smallest absolute Gasteiger partial charge is 0.0964 e. The van der Waals surface area contributed by atoms with E-state index in [0.29, 0.717) is 0 Å². The van der Waals surface area contributed by atoms with Crippen molar-refractivity contribution in [3.63, 3.8) is 0 Å². The molecule has 0 unspecified atom stereocenters. The van der Waals surface area contributed by atoms with Crippen LogP contribution in [0.4, 0.5) is 0 Å². The number of nitrogens with zero attached hydrogens (tertiary/aromatic N) is 3. The molecule has 4 heteroatoms. The van der Waals surface area contributed by atoms with Gasteiger partial charge >= 0.3 is 0 Å². The molecule has 80 valence electrons. The van der Waals surface area contributed by atoms with Crippen LogP contribution in [0.5, 0.6) is 0 Å². The third-order valence-electron chi connectivity index (χ3n) is 2.09. The number of nitrogens with one attached hydrogen (secondary N) is 1. The molecule has 0 saturated carbocycles. The van der Waals surface area contributed by atoms with Crippen LogP contribution in [0.1, 0.15) is 32.4 Å². The summed E-state index contributed by atoms with van der Waals surface area (Å²) in [7, 11) is 1.88. The molecule has 0 aromatic carbocycles. The number of hydrogen-bond donors (Lipinski definition) is 1. The molecular formula is C10H20N4. The van der Waals surface area contributed by atoms with Crippen LogP contribution < -0.4 is 5.32 Å². The minimum Gasteiger partial charge on any atom is -0.311 e. The molecule has 0 aliphatic rings. The second-order valence-corrected chi connectivity index (χ2v) is 4.10. The lowest BCUT2D eigenvalue weighted by atomic mass is 10.1. The van der Waals surface area contributed by atoms with Gasteiger partial charge in [-0.05, 0) is 25.3 Å². The summed E-state index contributed by atoms with van der Waals surface area (Å²) in [4.78, 5) is 0. The van der Waals surface area contributed by atoms with E-state index in [1.54, 1.807) is 4.68 Å². The van der Waals surface area contributed by atoms with Crippen LogP contribution in [0.25, 0.3) is 0 Å². The SMILES string of the molecule is CC(C)CCCNCc1cn(C)nn1. The zero-order chi connectivity index (χ0) is 10.4. The van der Waals surface area contributed by atoms with Crippen molar-refractivity contribution in [2.75, 3.05) is 6.54 Å². The lowest BCUT2D eigenvalue weighted by molar-refractivity contribution is 0.525. The highest BCUT2D eigenvalue weighted by Crippen LogP contribution is 2.01. The van der Waals surface area contributed by atoms with E-state index in [2.05, 4.69) is 29.5 Å². The maximum Gasteiger partial charge on any atom is 0.0964 e. The third-order valence-corrected chi connectivity index (χ3v) is 2.09. The first kappa shape index (κ1) is 11.2. The predicted molar refractivity (Wildman–Crippen MR) is 56.8 cm³/mol. The first-order valence-electron chi connectivity index (χ1n) is 5.24. The monoisotopic (exact) mass is 196 g/mol. The van der Waals surface area contributed by atoms with E-state index in [1.165, 1.54) is 12.8 Å². The Kier molecular flexibility index (Phi) is 4.59. The van der Waals surface area contributed by atoms with E-state index in [9.17, 15) is 0 Å². The standard InChI is InChI=1S/C10H20N4/c1-9(2)5-4-6-11-7-10-8-14(3)13-12-10/h8-9,11H,4-7H2,1-3H3. The van der Waals surface area contributed by atoms with Crippen molar-refractivity contribution in [2.24, 2.45) is 13.0 Å². The van der Waals surface area contributed by atoms with Crippen LogP contribution in [-0.4, -0.2) is 21.5 Å². The van der Waals surface area contributed by atoms with Crippen molar-refractivity contribution in [2.45, 2.75) is 33.2 Å². The van der Waals surface area contributed by atoms with Gasteiger partial charge in [0.2, 0.25) is 0 Å². The number of hydrogen-bond acceptors (Lipinski definition) is 3. The number of rotatable bonds is 6. The Balaban J connectivity index is 2.04. The molecule has 0 atom stereocenters. The lowest BCUT2D eigenvalue weighted by Crippen LogP contribution is -2.15. The van der Waals surface area contributed by atoms with Gasteiger partial charge in [0.1, 0.15) is 0 Å². The Labute approximate surface area is 85.7 Å². The summed E-state index contributed by atoms with van der Waals surface area (Å²) in [6.07, 6.45) is 4.46. The molecule has 0 fully saturated rings. The molecule has 1 aromatic rings. The largest absolute Gasteiger partial charge is 0.311 e. The van der Waals surface area contributed by atoms with Crippen LogP contribution in [0.3, 0.4) is 0 Å². The zero-order valence-electron chi connectivity index (χ0n) is 9.32. The molecule has 14 heavy (non-hydrogen) atoms. The molecule has 0 aliphatic heterocycles. The highest BCUT2D eigenvalue weighted by Gasteiger charge is 1.97. The van der Waals surface area contributed by atoms with E-state index in [1.807, 2.05) is 13.2 Å². The molecule has 1 heterocycles. The second-order valence-electron chi connectivity index (χ2n) is 4.10. The van der Waals surface area contributed by atoms with Crippen LogP contribution in [-0.2, 0) is 13.6 Å². The van der Waals surface area contributed by atoms with Crippen molar-refractivity contribution < 1.29 is 0 Å². The highest BCUT2D eigenvalue weighted by atomic mass is 15.4. The van der Waals surface area contributed by atoms with Crippen LogP contribution in [0, 0.1) is 5.92 Å². The molecule has 1 N–H and O–H groups in total. The average molecular weight is 196 g/mol. The van der Waals surface area contributed by atoms with Gasteiger partial charge in [0, 0.05) is 19.8 Å². The molecule has 1 rings (SSSR count). The second kappa shape index (κ2) is 5.75. The Hall–Kier alpha value is -0.900. The minimum absolute atomic E-state index is 0.799. The van der Waals surface area contributed by atoms with Gasteiger partial charge in [-0.2, -0.15) is 0 Å². The minimum atomic E-state index is 0.799. The summed E-state index contributed by atoms with van der Waals surface area (Å²) in [5, 5.41) is 11.2. The van der Waals surface area contributed by atoms with Gasteiger partial charge in [0.05, 0.1) is 5.69 Å². The van der Waals surface area contributed by atoms with Crippen molar-refractivity contribution in [3.8, 4) is 0 Å². The Bertz CT molecular complexity index is 254. The molecule has 0 aliphatic carbocycles. The van der Waals surface area contributed by atoms with Crippen molar-refractivity contribution in [3.05, 3.63) is 11.9 Å². The Morgan fingerprint density at radius 3 is 2.86 bits per heavy atom. The number of aryl methyl sites for hydroxylation is 1. The quantitative estimate of drug-likeness (QED) is 0.698. The highest BCUT2D eigenvalue weighted by molar-refractivity contribution is 4.90. The molecule has 0 spiro atoms. The van der Waals surface area contributed by atoms with E-state index in [0.717, 1.165) is 24.7 Å². The fourth-order valence-electron chi connectivity index (χ4n) is 1.33. The summed E-state index contributed by atoms with van der Waals surface area (Å²) in [6, 6.07) is 0. The van der Waals surface area contributed by atoms with E-state index in [-0.39, 0.29) is 0 Å². The molecule has 0 radical (unpaired) electrons. The summed E-state index contributed by atoms with van der Waals surface area (Å²) in [6.45, 7) is 6.39. The fourth-order valence-corrected chi connectivity index (χ4v) is 1.33.